The zero-order valence-electron chi connectivity index (χ0n) is 20.1. The van der Waals surface area contributed by atoms with Crippen molar-refractivity contribution in [2.45, 2.75) is 46.2 Å². The number of hydrogen-bond acceptors (Lipinski definition) is 7. The minimum absolute atomic E-state index is 0.0136. The Labute approximate surface area is 198 Å². The van der Waals surface area contributed by atoms with E-state index in [2.05, 4.69) is 50.1 Å². The Morgan fingerprint density at radius 2 is 1.85 bits per heavy atom. The lowest BCUT2D eigenvalue weighted by Crippen LogP contribution is -2.46. The van der Waals surface area contributed by atoms with Gasteiger partial charge in [-0.1, -0.05) is 13.0 Å². The summed E-state index contributed by atoms with van der Waals surface area (Å²) in [5.41, 5.74) is 4.94. The quantitative estimate of drug-likeness (QED) is 0.471. The molecule has 3 aromatic heterocycles. The number of carbonyl (C=O) groups is 1. The van der Waals surface area contributed by atoms with Crippen LogP contribution in [0.2, 0.25) is 0 Å². The lowest BCUT2D eigenvalue weighted by Gasteiger charge is -2.33. The molecule has 9 nitrogen and oxygen atoms in total. The lowest BCUT2D eigenvalue weighted by molar-refractivity contribution is -0.126. The Morgan fingerprint density at radius 1 is 1.09 bits per heavy atom. The van der Waals surface area contributed by atoms with Crippen molar-refractivity contribution in [1.82, 2.24) is 34.4 Å². The second kappa shape index (κ2) is 8.25. The molecule has 4 aromatic rings. The van der Waals surface area contributed by atoms with Crippen molar-refractivity contribution in [1.29, 1.82) is 0 Å². The summed E-state index contributed by atoms with van der Waals surface area (Å²) >= 11 is 0. The topological polar surface area (TPSA) is 102 Å². The predicted octanol–water partition coefficient (Wildman–Crippen LogP) is 3.79. The first-order chi connectivity index (χ1) is 16.4. The summed E-state index contributed by atoms with van der Waals surface area (Å²) in [6.45, 7) is 9.51. The third-order valence-electron chi connectivity index (χ3n) is 6.72. The number of aryl methyl sites for hydroxylation is 2. The zero-order valence-corrected chi connectivity index (χ0v) is 20.1. The summed E-state index contributed by atoms with van der Waals surface area (Å²) in [5.74, 6) is 1.45. The normalized spacial score (nSPS) is 17.4. The fourth-order valence-corrected chi connectivity index (χ4v) is 4.68. The lowest BCUT2D eigenvalue weighted by atomic mass is 9.90. The Morgan fingerprint density at radius 3 is 2.56 bits per heavy atom. The molecule has 174 valence electrons. The number of amides is 1. The number of nitrogens with one attached hydrogen (secondary N) is 1. The van der Waals surface area contributed by atoms with Crippen LogP contribution >= 0.6 is 0 Å². The first-order valence-electron chi connectivity index (χ1n) is 11.6. The van der Waals surface area contributed by atoms with Gasteiger partial charge in [0.05, 0.1) is 5.56 Å². The first kappa shape index (κ1) is 22.1. The highest BCUT2D eigenvalue weighted by molar-refractivity contribution is 6.06. The molecule has 0 spiro atoms. The van der Waals surface area contributed by atoms with Crippen molar-refractivity contribution < 1.29 is 4.79 Å². The number of benzene rings is 1. The SMILES string of the molecule is CCCN(C)C1(C)C(=O)Nc2ccc(-c3ncnc4c3nc(-c3cnc(C)nc3)n4CC)cc21. The van der Waals surface area contributed by atoms with E-state index in [1.54, 1.807) is 18.7 Å². The van der Waals surface area contributed by atoms with Crippen LogP contribution in [0.1, 0.15) is 38.6 Å². The molecule has 1 aliphatic rings. The maximum Gasteiger partial charge on any atom is 0.249 e. The van der Waals surface area contributed by atoms with Gasteiger partial charge < -0.3 is 9.88 Å². The van der Waals surface area contributed by atoms with Gasteiger partial charge in [0.25, 0.3) is 0 Å². The minimum Gasteiger partial charge on any atom is -0.324 e. The molecule has 1 aromatic carbocycles. The second-order valence-corrected chi connectivity index (χ2v) is 8.80. The summed E-state index contributed by atoms with van der Waals surface area (Å²) in [6, 6.07) is 5.99. The van der Waals surface area contributed by atoms with Gasteiger partial charge >= 0.3 is 0 Å². The van der Waals surface area contributed by atoms with Crippen LogP contribution in [-0.2, 0) is 16.9 Å². The molecule has 1 unspecified atom stereocenters. The number of fused-ring (bicyclic) bond motifs is 2. The molecule has 1 atom stereocenters. The minimum atomic E-state index is -0.749. The first-order valence-corrected chi connectivity index (χ1v) is 11.6. The van der Waals surface area contributed by atoms with E-state index in [1.165, 1.54) is 0 Å². The van der Waals surface area contributed by atoms with Gasteiger partial charge in [-0.3, -0.25) is 9.69 Å². The number of anilines is 1. The van der Waals surface area contributed by atoms with E-state index in [-0.39, 0.29) is 5.91 Å². The van der Waals surface area contributed by atoms with Crippen LogP contribution in [0.15, 0.2) is 36.9 Å². The van der Waals surface area contributed by atoms with Crippen LogP contribution in [0.5, 0.6) is 0 Å². The average molecular weight is 457 g/mol. The highest BCUT2D eigenvalue weighted by atomic mass is 16.2. The number of rotatable bonds is 6. The van der Waals surface area contributed by atoms with Crippen molar-refractivity contribution in [2.75, 3.05) is 18.9 Å². The molecule has 1 N–H and O–H groups in total. The maximum absolute atomic E-state index is 13.0. The Bertz CT molecular complexity index is 1390. The van der Waals surface area contributed by atoms with Crippen LogP contribution in [0.4, 0.5) is 5.69 Å². The molecule has 1 aliphatic heterocycles. The molecule has 0 saturated heterocycles. The summed E-state index contributed by atoms with van der Waals surface area (Å²) in [4.78, 5) is 37.8. The van der Waals surface area contributed by atoms with Gasteiger partial charge in [-0.05, 0) is 52.9 Å². The van der Waals surface area contributed by atoms with E-state index >= 15 is 0 Å². The molecule has 0 aliphatic carbocycles. The smallest absolute Gasteiger partial charge is 0.249 e. The largest absolute Gasteiger partial charge is 0.324 e. The summed E-state index contributed by atoms with van der Waals surface area (Å²) in [7, 11) is 1.99. The molecule has 9 heteroatoms. The van der Waals surface area contributed by atoms with Gasteiger partial charge in [-0.2, -0.15) is 0 Å². The van der Waals surface area contributed by atoms with Crippen LogP contribution in [-0.4, -0.2) is 53.9 Å². The van der Waals surface area contributed by atoms with Gasteiger partial charge in [0, 0.05) is 35.8 Å². The van der Waals surface area contributed by atoms with E-state index in [9.17, 15) is 4.79 Å². The van der Waals surface area contributed by atoms with Gasteiger partial charge in [-0.15, -0.1) is 0 Å². The number of hydrogen-bond donors (Lipinski definition) is 1. The maximum atomic E-state index is 13.0. The van der Waals surface area contributed by atoms with Crippen LogP contribution in [0.25, 0.3) is 33.8 Å². The molecule has 0 bridgehead atoms. The van der Waals surface area contributed by atoms with Gasteiger partial charge in [0.1, 0.15) is 34.7 Å². The van der Waals surface area contributed by atoms with Crippen molar-refractivity contribution in [2.24, 2.45) is 0 Å². The zero-order chi connectivity index (χ0) is 24.0. The number of aromatic nitrogens is 6. The third kappa shape index (κ3) is 3.27. The fraction of sp³-hybridized carbons (Fsp3) is 0.360. The Hall–Kier alpha value is -3.72. The average Bonchev–Trinajstić information content (AvgIpc) is 3.34. The number of carbonyl (C=O) groups excluding carboxylic acids is 1. The molecule has 5 rings (SSSR count). The van der Waals surface area contributed by atoms with Crippen LogP contribution in [0.3, 0.4) is 0 Å². The summed E-state index contributed by atoms with van der Waals surface area (Å²) in [5, 5.41) is 3.04. The third-order valence-corrected chi connectivity index (χ3v) is 6.72. The summed E-state index contributed by atoms with van der Waals surface area (Å²) in [6.07, 6.45) is 6.09. The van der Waals surface area contributed by atoms with Crippen LogP contribution < -0.4 is 5.32 Å². The van der Waals surface area contributed by atoms with Gasteiger partial charge in [0.2, 0.25) is 5.91 Å². The number of imidazole rings is 1. The van der Waals surface area contributed by atoms with E-state index in [4.69, 9.17) is 4.98 Å². The molecule has 1 amide bonds. The molecule has 0 fully saturated rings. The number of likely N-dealkylation sites (N-methyl/N-ethyl adjacent to an activating group) is 1. The van der Waals surface area contributed by atoms with Gasteiger partial charge in [0.15, 0.2) is 5.65 Å². The highest BCUT2D eigenvalue weighted by Gasteiger charge is 2.45. The predicted molar refractivity (Wildman–Crippen MR) is 131 cm³/mol. The Balaban J connectivity index is 1.67. The molecule has 34 heavy (non-hydrogen) atoms. The molecule has 0 radical (unpaired) electrons. The second-order valence-electron chi connectivity index (χ2n) is 8.80. The monoisotopic (exact) mass is 456 g/mol. The molecular formula is C25H28N8O. The molecular weight excluding hydrogens is 428 g/mol. The van der Waals surface area contributed by atoms with E-state index in [0.29, 0.717) is 17.9 Å². The molecule has 4 heterocycles. The van der Waals surface area contributed by atoms with Crippen molar-refractivity contribution in [3.8, 4) is 22.6 Å². The van der Waals surface area contributed by atoms with E-state index in [1.807, 2.05) is 37.6 Å². The van der Waals surface area contributed by atoms with Crippen molar-refractivity contribution >= 4 is 22.8 Å². The van der Waals surface area contributed by atoms with Crippen molar-refractivity contribution in [3.05, 3.63) is 48.3 Å². The summed E-state index contributed by atoms with van der Waals surface area (Å²) < 4.78 is 2.05. The standard InChI is InChI=1S/C25H28N8O/c1-6-10-32(5)25(4)18-11-16(8-9-19(18)30-24(25)34)20-21-23(29-14-28-20)33(7-2)22(31-21)17-12-26-15(3)27-13-17/h8-9,11-14H,6-7,10H2,1-5H3,(H,30,34). The number of nitrogens with zero attached hydrogens (tertiary/aromatic N) is 7. The van der Waals surface area contributed by atoms with Crippen LogP contribution in [0, 0.1) is 6.92 Å². The van der Waals surface area contributed by atoms with Crippen molar-refractivity contribution in [3.63, 3.8) is 0 Å². The molecule has 0 saturated carbocycles. The van der Waals surface area contributed by atoms with E-state index in [0.717, 1.165) is 52.5 Å². The fourth-order valence-electron chi connectivity index (χ4n) is 4.68. The Kier molecular flexibility index (Phi) is 5.36. The highest BCUT2D eigenvalue weighted by Crippen LogP contribution is 2.42. The van der Waals surface area contributed by atoms with Gasteiger partial charge in [-0.25, -0.2) is 24.9 Å². The van der Waals surface area contributed by atoms with E-state index < -0.39 is 5.54 Å².